The number of rotatable bonds is 3. The van der Waals surface area contributed by atoms with Crippen LogP contribution >= 0.6 is 0 Å². The molecule has 0 aliphatic rings. The average molecular weight is 99.2 g/mol. The minimum Gasteiger partial charge on any atom is -0.328 e. The fourth-order valence-corrected chi connectivity index (χ4v) is 0.381. The Balaban J connectivity index is 2.81. The van der Waals surface area contributed by atoms with Crippen LogP contribution in [0.25, 0.3) is 0 Å². The summed E-state index contributed by atoms with van der Waals surface area (Å²) in [7, 11) is 0. The summed E-state index contributed by atoms with van der Waals surface area (Å²) in [6.07, 6.45) is 3.99. The molecule has 1 nitrogen and oxygen atoms in total. The quantitative estimate of drug-likeness (QED) is 0.530. The predicted octanol–water partition coefficient (Wildman–Crippen LogP) is 1.30. The van der Waals surface area contributed by atoms with Crippen molar-refractivity contribution in [1.29, 1.82) is 0 Å². The molecule has 0 bridgehead atoms. The van der Waals surface area contributed by atoms with Gasteiger partial charge in [0.25, 0.3) is 0 Å². The third-order valence-corrected chi connectivity index (χ3v) is 0.826. The third-order valence-electron chi connectivity index (χ3n) is 0.826. The van der Waals surface area contributed by atoms with Crippen molar-refractivity contribution in [3.8, 4) is 0 Å². The van der Waals surface area contributed by atoms with E-state index in [1.54, 1.807) is 0 Å². The molecule has 0 saturated heterocycles. The maximum absolute atomic E-state index is 5.43. The van der Waals surface area contributed by atoms with Crippen molar-refractivity contribution in [3.63, 3.8) is 0 Å². The fourth-order valence-electron chi connectivity index (χ4n) is 0.381. The van der Waals surface area contributed by atoms with Gasteiger partial charge in [-0.05, 0) is 19.8 Å². The molecule has 0 rings (SSSR count). The minimum absolute atomic E-state index is 0.331. The first-order valence-electron chi connectivity index (χ1n) is 2.64. The molecule has 1 atom stereocenters. The lowest BCUT2D eigenvalue weighted by Crippen LogP contribution is -2.13. The van der Waals surface area contributed by atoms with E-state index in [1.165, 1.54) is 0 Å². The lowest BCUT2D eigenvalue weighted by atomic mass is 10.2. The van der Waals surface area contributed by atoms with Crippen LogP contribution in [-0.2, 0) is 0 Å². The Labute approximate surface area is 45.2 Å². The maximum atomic E-state index is 5.43. The fraction of sp³-hybridized carbons (Fsp3) is 0.667. The molecule has 0 unspecified atom stereocenters. The van der Waals surface area contributed by atoms with Crippen molar-refractivity contribution in [2.45, 2.75) is 25.8 Å². The molecule has 0 aliphatic heterocycles. The molecule has 0 aliphatic carbocycles. The van der Waals surface area contributed by atoms with Gasteiger partial charge in [0.15, 0.2) is 0 Å². The topological polar surface area (TPSA) is 26.0 Å². The van der Waals surface area contributed by atoms with Crippen molar-refractivity contribution in [1.82, 2.24) is 0 Å². The van der Waals surface area contributed by atoms with Crippen LogP contribution in [0.15, 0.2) is 12.7 Å². The van der Waals surface area contributed by atoms with Gasteiger partial charge in [0.1, 0.15) is 0 Å². The molecule has 0 fully saturated rings. The molecule has 1 heteroatoms. The summed E-state index contributed by atoms with van der Waals surface area (Å²) in [5.74, 6) is 0. The molecule has 0 aromatic carbocycles. The standard InChI is InChI=1S/C6H13N/c1-3-4-5-6(2)7/h3,6H,1,4-5,7H2,2H3/t6-/m1/s1. The summed E-state index contributed by atoms with van der Waals surface area (Å²) in [6.45, 7) is 5.58. The van der Waals surface area contributed by atoms with Gasteiger partial charge in [-0.15, -0.1) is 6.58 Å². The zero-order chi connectivity index (χ0) is 5.70. The lowest BCUT2D eigenvalue weighted by Gasteiger charge is -1.97. The van der Waals surface area contributed by atoms with E-state index in [1.807, 2.05) is 13.0 Å². The summed E-state index contributed by atoms with van der Waals surface area (Å²) >= 11 is 0. The monoisotopic (exact) mass is 99.1 g/mol. The van der Waals surface area contributed by atoms with Gasteiger partial charge < -0.3 is 5.73 Å². The first kappa shape index (κ1) is 6.70. The molecule has 0 heterocycles. The Hall–Kier alpha value is -0.300. The molecule has 0 aromatic heterocycles. The van der Waals surface area contributed by atoms with Gasteiger partial charge >= 0.3 is 0 Å². The van der Waals surface area contributed by atoms with E-state index in [0.29, 0.717) is 6.04 Å². The van der Waals surface area contributed by atoms with Crippen molar-refractivity contribution in [2.24, 2.45) is 5.73 Å². The highest BCUT2D eigenvalue weighted by atomic mass is 14.6. The van der Waals surface area contributed by atoms with Crippen LogP contribution in [-0.4, -0.2) is 6.04 Å². The van der Waals surface area contributed by atoms with Crippen molar-refractivity contribution in [3.05, 3.63) is 12.7 Å². The zero-order valence-electron chi connectivity index (χ0n) is 4.85. The number of allylic oxidation sites excluding steroid dienone is 1. The van der Waals surface area contributed by atoms with E-state index < -0.39 is 0 Å². The zero-order valence-corrected chi connectivity index (χ0v) is 4.85. The van der Waals surface area contributed by atoms with E-state index in [9.17, 15) is 0 Å². The van der Waals surface area contributed by atoms with Gasteiger partial charge in [-0.25, -0.2) is 0 Å². The van der Waals surface area contributed by atoms with Crippen molar-refractivity contribution < 1.29 is 0 Å². The largest absolute Gasteiger partial charge is 0.328 e. The van der Waals surface area contributed by atoms with Gasteiger partial charge in [-0.2, -0.15) is 0 Å². The minimum atomic E-state index is 0.331. The molecule has 2 N–H and O–H groups in total. The second kappa shape index (κ2) is 3.88. The van der Waals surface area contributed by atoms with Gasteiger partial charge in [0, 0.05) is 6.04 Å². The van der Waals surface area contributed by atoms with Crippen LogP contribution in [0.3, 0.4) is 0 Å². The van der Waals surface area contributed by atoms with Gasteiger partial charge in [-0.3, -0.25) is 0 Å². The van der Waals surface area contributed by atoms with Crippen LogP contribution in [0.4, 0.5) is 0 Å². The molecule has 0 spiro atoms. The van der Waals surface area contributed by atoms with Gasteiger partial charge in [0.2, 0.25) is 0 Å². The van der Waals surface area contributed by atoms with E-state index in [-0.39, 0.29) is 0 Å². The molecule has 42 valence electrons. The Morgan fingerprint density at radius 3 is 2.57 bits per heavy atom. The molecule has 0 saturated carbocycles. The van der Waals surface area contributed by atoms with Crippen molar-refractivity contribution in [2.75, 3.05) is 0 Å². The van der Waals surface area contributed by atoms with Crippen LogP contribution in [0.5, 0.6) is 0 Å². The first-order chi connectivity index (χ1) is 3.27. The van der Waals surface area contributed by atoms with Crippen LogP contribution in [0, 0.1) is 0 Å². The number of hydrogen-bond donors (Lipinski definition) is 1. The molecule has 0 radical (unpaired) electrons. The van der Waals surface area contributed by atoms with Crippen LogP contribution in [0.2, 0.25) is 0 Å². The normalized spacial score (nSPS) is 13.4. The van der Waals surface area contributed by atoms with E-state index in [0.717, 1.165) is 12.8 Å². The van der Waals surface area contributed by atoms with Gasteiger partial charge in [-0.1, -0.05) is 6.08 Å². The molecular formula is C6H13N. The Bertz CT molecular complexity index is 48.1. The van der Waals surface area contributed by atoms with E-state index in [2.05, 4.69) is 6.58 Å². The molecule has 0 aromatic rings. The first-order valence-corrected chi connectivity index (χ1v) is 2.64. The highest BCUT2D eigenvalue weighted by Crippen LogP contribution is 1.91. The third kappa shape index (κ3) is 5.70. The van der Waals surface area contributed by atoms with E-state index >= 15 is 0 Å². The summed E-state index contributed by atoms with van der Waals surface area (Å²) in [5.41, 5.74) is 5.43. The van der Waals surface area contributed by atoms with Crippen LogP contribution < -0.4 is 5.73 Å². The number of hydrogen-bond acceptors (Lipinski definition) is 1. The Morgan fingerprint density at radius 2 is 2.43 bits per heavy atom. The lowest BCUT2D eigenvalue weighted by molar-refractivity contribution is 0.676. The second-order valence-corrected chi connectivity index (χ2v) is 1.84. The smallest absolute Gasteiger partial charge is 0.00134 e. The summed E-state index contributed by atoms with van der Waals surface area (Å²) < 4.78 is 0. The highest BCUT2D eigenvalue weighted by Gasteiger charge is 1.87. The summed E-state index contributed by atoms with van der Waals surface area (Å²) in [4.78, 5) is 0. The molecular weight excluding hydrogens is 86.1 g/mol. The maximum Gasteiger partial charge on any atom is 0.00134 e. The Kier molecular flexibility index (Phi) is 3.71. The number of nitrogens with two attached hydrogens (primary N) is 1. The Morgan fingerprint density at radius 1 is 1.86 bits per heavy atom. The van der Waals surface area contributed by atoms with Crippen LogP contribution in [0.1, 0.15) is 19.8 Å². The summed E-state index contributed by atoms with van der Waals surface area (Å²) in [6, 6.07) is 0.331. The van der Waals surface area contributed by atoms with Gasteiger partial charge in [0.05, 0.1) is 0 Å². The second-order valence-electron chi connectivity index (χ2n) is 1.84. The predicted molar refractivity (Wildman–Crippen MR) is 33.1 cm³/mol. The molecule has 0 amide bonds. The highest BCUT2D eigenvalue weighted by molar-refractivity contribution is 4.68. The van der Waals surface area contributed by atoms with Crippen molar-refractivity contribution >= 4 is 0 Å². The SMILES string of the molecule is C=CCC[C@@H](C)N. The average Bonchev–Trinajstić information content (AvgIpc) is 1.61. The molecule has 7 heavy (non-hydrogen) atoms. The van der Waals surface area contributed by atoms with E-state index in [4.69, 9.17) is 5.73 Å². The summed E-state index contributed by atoms with van der Waals surface area (Å²) in [5, 5.41) is 0.